The van der Waals surface area contributed by atoms with Crippen LogP contribution in [0.3, 0.4) is 0 Å². The number of ether oxygens (including phenoxy) is 2. The Morgan fingerprint density at radius 3 is 0.754 bits per heavy atom. The van der Waals surface area contributed by atoms with Gasteiger partial charge in [0.15, 0.2) is 0 Å². The van der Waals surface area contributed by atoms with Crippen molar-refractivity contribution < 1.29 is 84.9 Å². The van der Waals surface area contributed by atoms with Crippen molar-refractivity contribution in [2.75, 3.05) is 0 Å². The molecule has 0 fully saturated rings. The van der Waals surface area contributed by atoms with E-state index in [0.717, 1.165) is 12.2 Å². The molecule has 0 aromatic carbocycles. The molecule has 0 amide bonds. The summed E-state index contributed by atoms with van der Waals surface area (Å²) in [5.41, 5.74) is -9.42. The number of hydrogen-bond acceptors (Lipinski definition) is 4. The summed E-state index contributed by atoms with van der Waals surface area (Å²) >= 11 is 0. The first kappa shape index (κ1) is 71.1. The number of allylic oxidation sites excluding steroid dienone is 6. The van der Waals surface area contributed by atoms with Crippen LogP contribution in [0.25, 0.3) is 0 Å². The Balaban J connectivity index is -0.000000231. The molecule has 0 saturated heterocycles. The van der Waals surface area contributed by atoms with E-state index in [-0.39, 0.29) is 16.9 Å². The molecule has 0 atom stereocenters. The van der Waals surface area contributed by atoms with Gasteiger partial charge in [-0.15, -0.1) is 13.2 Å². The average Bonchev–Trinajstić information content (AvgIpc) is 2.93. The zero-order valence-electron chi connectivity index (χ0n) is 42.7. The number of esters is 2. The van der Waals surface area contributed by atoms with Gasteiger partial charge in [-0.25, -0.2) is 22.4 Å². The summed E-state index contributed by atoms with van der Waals surface area (Å²) in [5.74, 6) is -11.7. The van der Waals surface area contributed by atoms with Gasteiger partial charge < -0.3 is 9.47 Å². The minimum absolute atomic E-state index is 0.186. The fourth-order valence-corrected chi connectivity index (χ4v) is 2.87. The average molecular weight is 979 g/mol. The molecule has 4 nitrogen and oxygen atoms in total. The molecule has 0 aromatic heterocycles. The standard InChI is InChI=1S/2C11H20F2.C10H18F2O2.C8H10F6.C6H9F3O2/c2*1-9(2,3)7-8-11(12,13)10(4,5)6;1-8(2,3)10(11,12)7(13)14-9(4,5)6;1-6(2,3)4-5(7(9,10)11)8(12,13)14;1-5(2,3)4(10)11-6(7,8)9/h2*7-8H,1-6H3;1-6H3;4H,1-3H3;1-3H3/b8-7+;8-7-;;;. The van der Waals surface area contributed by atoms with Crippen molar-refractivity contribution in [3.8, 4) is 0 Å². The molecule has 0 aliphatic rings. The lowest BCUT2D eigenvalue weighted by molar-refractivity contribution is -0.309. The van der Waals surface area contributed by atoms with E-state index < -0.39 is 86.7 Å². The molecule has 0 N–H and O–H groups in total. The van der Waals surface area contributed by atoms with Crippen molar-refractivity contribution in [3.63, 3.8) is 0 Å². The summed E-state index contributed by atoms with van der Waals surface area (Å²) < 4.78 is 194. The largest absolute Gasteiger partial charge is 0.575 e. The van der Waals surface area contributed by atoms with Crippen LogP contribution in [0, 0.1) is 37.9 Å². The minimum atomic E-state index is -5.36. The first-order chi connectivity index (χ1) is 27.3. The highest BCUT2D eigenvalue weighted by Gasteiger charge is 2.53. The first-order valence-corrected chi connectivity index (χ1v) is 20.2. The summed E-state index contributed by atoms with van der Waals surface area (Å²) in [6, 6.07) is 0. The van der Waals surface area contributed by atoms with Crippen LogP contribution in [-0.2, 0) is 19.1 Å². The molecular formula is C46H77F15O4. The van der Waals surface area contributed by atoms with Crippen LogP contribution >= 0.6 is 0 Å². The van der Waals surface area contributed by atoms with Gasteiger partial charge in [0, 0.05) is 16.2 Å². The molecule has 19 heteroatoms. The van der Waals surface area contributed by atoms with Gasteiger partial charge in [0.25, 0.3) is 11.8 Å². The molecular weight excluding hydrogens is 901 g/mol. The third-order valence-electron chi connectivity index (χ3n) is 7.19. The molecule has 0 aliphatic heterocycles. The fourth-order valence-electron chi connectivity index (χ4n) is 2.87. The van der Waals surface area contributed by atoms with E-state index in [2.05, 4.69) is 9.47 Å². The Labute approximate surface area is 378 Å². The molecule has 65 heavy (non-hydrogen) atoms. The Hall–Kier alpha value is -2.89. The van der Waals surface area contributed by atoms with Crippen molar-refractivity contribution in [2.45, 2.75) is 208 Å². The molecule has 390 valence electrons. The van der Waals surface area contributed by atoms with Crippen molar-refractivity contribution in [3.05, 3.63) is 36.0 Å². The monoisotopic (exact) mass is 979 g/mol. The van der Waals surface area contributed by atoms with Crippen molar-refractivity contribution in [1.82, 2.24) is 0 Å². The van der Waals surface area contributed by atoms with Gasteiger partial charge in [-0.3, -0.25) is 4.79 Å². The Kier molecular flexibility index (Phi) is 25.6. The van der Waals surface area contributed by atoms with Crippen LogP contribution in [0.15, 0.2) is 36.0 Å². The lowest BCUT2D eigenvalue weighted by Crippen LogP contribution is -2.45. The van der Waals surface area contributed by atoms with Gasteiger partial charge >= 0.3 is 36.6 Å². The molecule has 0 heterocycles. The third-order valence-corrected chi connectivity index (χ3v) is 7.19. The Morgan fingerprint density at radius 1 is 0.354 bits per heavy atom. The molecule has 0 radical (unpaired) electrons. The third kappa shape index (κ3) is 35.9. The minimum Gasteiger partial charge on any atom is -0.456 e. The van der Waals surface area contributed by atoms with Crippen LogP contribution in [0.5, 0.6) is 0 Å². The molecule has 0 bridgehead atoms. The van der Waals surface area contributed by atoms with E-state index in [0.29, 0.717) is 0 Å². The predicted octanol–water partition coefficient (Wildman–Crippen LogP) is 17.7. The highest BCUT2D eigenvalue weighted by Crippen LogP contribution is 2.42. The topological polar surface area (TPSA) is 52.6 Å². The number of hydrogen-bond donors (Lipinski definition) is 0. The SMILES string of the molecule is CC(C)(C)/C=C/C(F)(F)C(C)(C)C.CC(C)(C)/C=C\C(F)(F)C(C)(C)C.CC(C)(C)C(=O)OC(F)(F)F.CC(C)(C)C=C(C(F)(F)F)C(F)(F)F.CC(C)(C)OC(=O)C(F)(F)C(C)(C)C. The maximum Gasteiger partial charge on any atom is 0.575 e. The van der Waals surface area contributed by atoms with Gasteiger partial charge in [0.1, 0.15) is 11.2 Å². The summed E-state index contributed by atoms with van der Waals surface area (Å²) in [7, 11) is 0. The number of carbonyl (C=O) groups excluding carboxylic acids is 2. The van der Waals surface area contributed by atoms with Crippen LogP contribution in [0.1, 0.15) is 166 Å². The van der Waals surface area contributed by atoms with E-state index in [1.807, 2.05) is 41.5 Å². The highest BCUT2D eigenvalue weighted by molar-refractivity contribution is 5.79. The number of carbonyl (C=O) groups is 2. The molecule has 0 unspecified atom stereocenters. The second kappa shape index (κ2) is 23.4. The quantitative estimate of drug-likeness (QED) is 0.161. The summed E-state index contributed by atoms with van der Waals surface area (Å²) in [4.78, 5) is 21.7. The van der Waals surface area contributed by atoms with Gasteiger partial charge in [0.2, 0.25) is 0 Å². The normalized spacial score (nSPS) is 14.4. The molecule has 0 aromatic rings. The zero-order valence-corrected chi connectivity index (χ0v) is 42.7. The molecule has 0 saturated carbocycles. The summed E-state index contributed by atoms with van der Waals surface area (Å²) in [5, 5.41) is 0. The first-order valence-electron chi connectivity index (χ1n) is 20.2. The number of alkyl halides is 15. The zero-order chi connectivity index (χ0) is 54.7. The highest BCUT2D eigenvalue weighted by atomic mass is 19.4. The molecule has 0 aliphatic carbocycles. The lowest BCUT2D eigenvalue weighted by Gasteiger charge is -2.31. The van der Waals surface area contributed by atoms with Gasteiger partial charge in [-0.1, -0.05) is 143 Å². The fraction of sp³-hybridized carbons (Fsp3) is 0.826. The molecule has 0 spiro atoms. The van der Waals surface area contributed by atoms with Gasteiger partial charge in [-0.05, 0) is 69.9 Å². The predicted molar refractivity (Wildman–Crippen MR) is 227 cm³/mol. The van der Waals surface area contributed by atoms with E-state index in [4.69, 9.17) is 0 Å². The van der Waals surface area contributed by atoms with Crippen molar-refractivity contribution in [2.24, 2.45) is 37.9 Å². The number of halogens is 15. The Morgan fingerprint density at radius 2 is 0.631 bits per heavy atom. The molecule has 0 rings (SSSR count). The van der Waals surface area contributed by atoms with E-state index >= 15 is 0 Å². The smallest absolute Gasteiger partial charge is 0.456 e. The maximum absolute atomic E-state index is 13.4. The maximum atomic E-state index is 13.4. The lowest BCUT2D eigenvalue weighted by atomic mass is 9.85. The van der Waals surface area contributed by atoms with Crippen molar-refractivity contribution in [1.29, 1.82) is 0 Å². The van der Waals surface area contributed by atoms with Crippen LogP contribution in [-0.4, -0.2) is 54.0 Å². The number of rotatable bonds is 3. The van der Waals surface area contributed by atoms with Crippen molar-refractivity contribution >= 4 is 11.9 Å². The summed E-state index contributed by atoms with van der Waals surface area (Å²) in [6.45, 7) is 37.1. The van der Waals surface area contributed by atoms with Crippen LogP contribution in [0.2, 0.25) is 0 Å². The van der Waals surface area contributed by atoms with Gasteiger partial charge in [-0.2, -0.15) is 35.1 Å². The Bertz CT molecular complexity index is 1460. The van der Waals surface area contributed by atoms with E-state index in [1.165, 1.54) is 62.3 Å². The second-order valence-corrected chi connectivity index (χ2v) is 23.5. The van der Waals surface area contributed by atoms with E-state index in [1.54, 1.807) is 74.5 Å². The second-order valence-electron chi connectivity index (χ2n) is 23.5. The van der Waals surface area contributed by atoms with Gasteiger partial charge in [0.05, 0.1) is 5.41 Å². The summed E-state index contributed by atoms with van der Waals surface area (Å²) in [6.07, 6.45) is -10.2. The van der Waals surface area contributed by atoms with Crippen LogP contribution < -0.4 is 0 Å². The van der Waals surface area contributed by atoms with Crippen LogP contribution in [0.4, 0.5) is 65.9 Å². The van der Waals surface area contributed by atoms with E-state index in [9.17, 15) is 75.4 Å².